The SMILES string of the molecule is O=C(NO)C1(S(=O)N2CCC(CCCCC(F)(F)C(F)(F)F)CC2)CCOCC1. The highest BCUT2D eigenvalue weighted by Gasteiger charge is 2.56. The van der Waals surface area contributed by atoms with Crippen LogP contribution in [0.15, 0.2) is 0 Å². The van der Waals surface area contributed by atoms with Crippen molar-refractivity contribution in [1.29, 1.82) is 0 Å². The van der Waals surface area contributed by atoms with E-state index >= 15 is 0 Å². The van der Waals surface area contributed by atoms with Crippen LogP contribution in [-0.2, 0) is 20.5 Å². The van der Waals surface area contributed by atoms with E-state index in [1.165, 1.54) is 0 Å². The van der Waals surface area contributed by atoms with Crippen molar-refractivity contribution in [2.75, 3.05) is 26.3 Å². The van der Waals surface area contributed by atoms with Crippen LogP contribution in [0.2, 0.25) is 0 Å². The molecule has 0 aliphatic carbocycles. The van der Waals surface area contributed by atoms with Crippen LogP contribution in [-0.4, -0.2) is 62.8 Å². The highest BCUT2D eigenvalue weighted by molar-refractivity contribution is 7.85. The van der Waals surface area contributed by atoms with Crippen molar-refractivity contribution in [1.82, 2.24) is 9.79 Å². The average molecular weight is 450 g/mol. The molecule has 0 saturated carbocycles. The lowest BCUT2D eigenvalue weighted by molar-refractivity contribution is -0.284. The summed E-state index contributed by atoms with van der Waals surface area (Å²) in [5, 5.41) is 9.05. The molecule has 0 spiro atoms. The van der Waals surface area contributed by atoms with Crippen LogP contribution in [0, 0.1) is 5.92 Å². The van der Waals surface area contributed by atoms with E-state index in [4.69, 9.17) is 9.94 Å². The molecule has 170 valence electrons. The molecule has 1 atom stereocenters. The first-order chi connectivity index (χ1) is 13.5. The normalized spacial score (nSPS) is 23.0. The number of carbonyl (C=O) groups excluding carboxylic acids is 1. The molecule has 29 heavy (non-hydrogen) atoms. The van der Waals surface area contributed by atoms with Gasteiger partial charge < -0.3 is 4.74 Å². The van der Waals surface area contributed by atoms with Gasteiger partial charge in [0.2, 0.25) is 0 Å². The molecule has 2 aliphatic rings. The fourth-order valence-corrected chi connectivity index (χ4v) is 5.57. The minimum atomic E-state index is -5.51. The molecule has 0 radical (unpaired) electrons. The van der Waals surface area contributed by atoms with Gasteiger partial charge in [0.1, 0.15) is 15.7 Å². The predicted molar refractivity (Wildman–Crippen MR) is 94.6 cm³/mol. The molecule has 0 aromatic rings. The molecule has 2 aliphatic heterocycles. The van der Waals surface area contributed by atoms with Crippen molar-refractivity contribution in [2.45, 2.75) is 68.2 Å². The second-order valence-corrected chi connectivity index (χ2v) is 9.41. The molecule has 12 heteroatoms. The van der Waals surface area contributed by atoms with Crippen LogP contribution < -0.4 is 5.48 Å². The van der Waals surface area contributed by atoms with Crippen molar-refractivity contribution in [3.05, 3.63) is 0 Å². The summed E-state index contributed by atoms with van der Waals surface area (Å²) >= 11 is 0. The number of carbonyl (C=O) groups is 1. The number of alkyl halides is 5. The first kappa shape index (κ1) is 24.4. The lowest BCUT2D eigenvalue weighted by Crippen LogP contribution is -2.57. The molecule has 2 N–H and O–H groups in total. The van der Waals surface area contributed by atoms with Crippen LogP contribution in [0.5, 0.6) is 0 Å². The average Bonchev–Trinajstić information content (AvgIpc) is 2.70. The Morgan fingerprint density at radius 2 is 1.72 bits per heavy atom. The fourth-order valence-electron chi connectivity index (χ4n) is 3.82. The molecule has 0 aromatic carbocycles. The molecule has 2 rings (SSSR count). The van der Waals surface area contributed by atoms with Crippen molar-refractivity contribution in [3.8, 4) is 0 Å². The standard InChI is InChI=1S/C17H27F5N2O4S/c18-16(19,17(20,21)22)6-2-1-3-13-4-9-24(10-5-13)29(27)15(14(25)23-26)7-11-28-12-8-15/h13,26H,1-12H2,(H,23,25). The van der Waals surface area contributed by atoms with Gasteiger partial charge in [-0.25, -0.2) is 14.0 Å². The number of hydroxylamine groups is 1. The van der Waals surface area contributed by atoms with Gasteiger partial charge in [-0.2, -0.15) is 22.0 Å². The van der Waals surface area contributed by atoms with Gasteiger partial charge in [-0.05, 0) is 38.0 Å². The second kappa shape index (κ2) is 9.97. The van der Waals surface area contributed by atoms with Gasteiger partial charge in [0, 0.05) is 32.7 Å². The zero-order valence-electron chi connectivity index (χ0n) is 16.0. The number of ether oxygens (including phenoxy) is 1. The number of amides is 1. The zero-order valence-corrected chi connectivity index (χ0v) is 16.8. The molecule has 2 fully saturated rings. The summed E-state index contributed by atoms with van der Waals surface area (Å²) in [5.41, 5.74) is 1.61. The van der Waals surface area contributed by atoms with Crippen molar-refractivity contribution >= 4 is 16.9 Å². The van der Waals surface area contributed by atoms with Gasteiger partial charge >= 0.3 is 12.1 Å². The number of piperidine rings is 1. The summed E-state index contributed by atoms with van der Waals surface area (Å²) in [7, 11) is -1.67. The maximum Gasteiger partial charge on any atom is 0.453 e. The lowest BCUT2D eigenvalue weighted by Gasteiger charge is -2.40. The Hall–Kier alpha value is -0.850. The van der Waals surface area contributed by atoms with Gasteiger partial charge in [0.15, 0.2) is 0 Å². The van der Waals surface area contributed by atoms with Crippen LogP contribution in [0.3, 0.4) is 0 Å². The molecular formula is C17H27F5N2O4S. The van der Waals surface area contributed by atoms with Crippen molar-refractivity contribution in [3.63, 3.8) is 0 Å². The van der Waals surface area contributed by atoms with Gasteiger partial charge in [0.05, 0.1) is 0 Å². The Morgan fingerprint density at radius 1 is 1.14 bits per heavy atom. The number of nitrogens with zero attached hydrogens (tertiary/aromatic N) is 1. The fraction of sp³-hybridized carbons (Fsp3) is 0.941. The Morgan fingerprint density at radius 3 is 2.24 bits per heavy atom. The number of rotatable bonds is 8. The van der Waals surface area contributed by atoms with Crippen molar-refractivity contribution < 1.29 is 40.9 Å². The smallest absolute Gasteiger partial charge is 0.381 e. The van der Waals surface area contributed by atoms with Crippen molar-refractivity contribution in [2.24, 2.45) is 5.92 Å². The summed E-state index contributed by atoms with van der Waals surface area (Å²) in [5.74, 6) is -5.20. The summed E-state index contributed by atoms with van der Waals surface area (Å²) < 4.78 is 81.1. The minimum absolute atomic E-state index is 0.153. The van der Waals surface area contributed by atoms with Gasteiger partial charge in [-0.15, -0.1) is 0 Å². The highest BCUT2D eigenvalue weighted by atomic mass is 32.2. The monoisotopic (exact) mass is 450 g/mol. The highest BCUT2D eigenvalue weighted by Crippen LogP contribution is 2.39. The number of halogens is 5. The molecule has 0 aromatic heterocycles. The molecule has 1 unspecified atom stereocenters. The van der Waals surface area contributed by atoms with E-state index in [1.54, 1.807) is 9.79 Å². The summed E-state index contributed by atoms with van der Waals surface area (Å²) in [4.78, 5) is 12.2. The van der Waals surface area contributed by atoms with E-state index in [0.29, 0.717) is 32.4 Å². The third kappa shape index (κ3) is 5.86. The third-order valence-electron chi connectivity index (χ3n) is 5.73. The maximum atomic E-state index is 13.1. The number of unbranched alkanes of at least 4 members (excludes halogenated alkanes) is 1. The minimum Gasteiger partial charge on any atom is -0.381 e. The van der Waals surface area contributed by atoms with E-state index in [0.717, 1.165) is 0 Å². The molecular weight excluding hydrogens is 423 g/mol. The zero-order chi connectivity index (χ0) is 21.7. The molecule has 1 amide bonds. The van der Waals surface area contributed by atoms with E-state index in [1.807, 2.05) is 0 Å². The summed E-state index contributed by atoms with van der Waals surface area (Å²) in [6.45, 7) is 1.38. The summed E-state index contributed by atoms with van der Waals surface area (Å²) in [6, 6.07) is 0. The molecule has 2 heterocycles. The van der Waals surface area contributed by atoms with Crippen LogP contribution in [0.1, 0.15) is 51.4 Å². The quantitative estimate of drug-likeness (QED) is 0.258. The number of nitrogens with one attached hydrogen (secondary N) is 1. The molecule has 2 saturated heterocycles. The van der Waals surface area contributed by atoms with E-state index < -0.39 is 40.2 Å². The Labute approximate surface area is 168 Å². The van der Waals surface area contributed by atoms with E-state index in [9.17, 15) is 31.0 Å². The second-order valence-electron chi connectivity index (χ2n) is 7.62. The third-order valence-corrected chi connectivity index (χ3v) is 7.82. The largest absolute Gasteiger partial charge is 0.453 e. The van der Waals surface area contributed by atoms with E-state index in [-0.39, 0.29) is 44.8 Å². The van der Waals surface area contributed by atoms with Crippen LogP contribution in [0.25, 0.3) is 0 Å². The Balaban J connectivity index is 1.79. The number of hydrogen-bond donors (Lipinski definition) is 2. The Bertz CT molecular complexity index is 577. The van der Waals surface area contributed by atoms with E-state index in [2.05, 4.69) is 0 Å². The Kier molecular flexibility index (Phi) is 8.40. The van der Waals surface area contributed by atoms with Crippen LogP contribution in [0.4, 0.5) is 22.0 Å². The molecule has 0 bridgehead atoms. The maximum absolute atomic E-state index is 13.1. The summed E-state index contributed by atoms with van der Waals surface area (Å²) in [6.07, 6.45) is -4.44. The lowest BCUT2D eigenvalue weighted by atomic mass is 9.92. The molecule has 6 nitrogen and oxygen atoms in total. The first-order valence-corrected chi connectivity index (χ1v) is 10.8. The first-order valence-electron chi connectivity index (χ1n) is 9.67. The van der Waals surface area contributed by atoms with Gasteiger partial charge in [-0.3, -0.25) is 10.0 Å². The van der Waals surface area contributed by atoms with Crippen LogP contribution >= 0.6 is 0 Å². The predicted octanol–water partition coefficient (Wildman–Crippen LogP) is 3.17. The topological polar surface area (TPSA) is 78.9 Å². The van der Waals surface area contributed by atoms with Gasteiger partial charge in [0.25, 0.3) is 5.91 Å². The number of hydrogen-bond acceptors (Lipinski definition) is 4. The van der Waals surface area contributed by atoms with Gasteiger partial charge in [-0.1, -0.05) is 12.8 Å².